The number of amides is 2. The zero-order valence-electron chi connectivity index (χ0n) is 19.3. The van der Waals surface area contributed by atoms with Gasteiger partial charge in [0.15, 0.2) is 6.10 Å². The maximum atomic E-state index is 12.8. The second kappa shape index (κ2) is 11.7. The van der Waals surface area contributed by atoms with Crippen LogP contribution in [0.15, 0.2) is 54.6 Å². The van der Waals surface area contributed by atoms with E-state index in [1.54, 1.807) is 18.7 Å². The number of hydrogen-bond donors (Lipinski definition) is 1. The molecule has 3 rings (SSSR count). The zero-order chi connectivity index (χ0) is 23.8. The molecular formula is C25H31N3O4S. The highest BCUT2D eigenvalue weighted by molar-refractivity contribution is 8.01. The average Bonchev–Trinajstić information content (AvgIpc) is 2.84. The molecule has 2 aromatic rings. The van der Waals surface area contributed by atoms with Crippen LogP contribution in [0.4, 0.5) is 11.4 Å². The number of anilines is 2. The number of nitrogens with zero attached hydrogens (tertiary/aromatic N) is 2. The van der Waals surface area contributed by atoms with Crippen molar-refractivity contribution in [3.8, 4) is 0 Å². The van der Waals surface area contributed by atoms with E-state index in [0.29, 0.717) is 18.8 Å². The van der Waals surface area contributed by atoms with Gasteiger partial charge >= 0.3 is 5.97 Å². The third kappa shape index (κ3) is 7.25. The number of ether oxygens (including phenoxy) is 1. The van der Waals surface area contributed by atoms with Crippen LogP contribution in [-0.4, -0.2) is 66.0 Å². The summed E-state index contributed by atoms with van der Waals surface area (Å²) >= 11 is 1.18. The molecule has 1 aliphatic rings. The largest absolute Gasteiger partial charge is 0.452 e. The molecule has 8 heteroatoms. The fourth-order valence-corrected chi connectivity index (χ4v) is 4.17. The minimum Gasteiger partial charge on any atom is -0.452 e. The predicted octanol–water partition coefficient (Wildman–Crippen LogP) is 3.34. The summed E-state index contributed by atoms with van der Waals surface area (Å²) in [4.78, 5) is 41.3. The number of aryl methyl sites for hydroxylation is 1. The van der Waals surface area contributed by atoms with Gasteiger partial charge < -0.3 is 19.9 Å². The molecule has 176 valence electrons. The summed E-state index contributed by atoms with van der Waals surface area (Å²) in [5.41, 5.74) is 2.97. The van der Waals surface area contributed by atoms with Crippen molar-refractivity contribution in [3.05, 3.63) is 60.2 Å². The Hall–Kier alpha value is -3.00. The molecule has 2 atom stereocenters. The molecule has 1 saturated heterocycles. The fraction of sp³-hybridized carbons (Fsp3) is 0.400. The Bertz CT molecular complexity index is 944. The molecule has 1 heterocycles. The van der Waals surface area contributed by atoms with E-state index in [1.165, 1.54) is 11.8 Å². The van der Waals surface area contributed by atoms with E-state index in [-0.39, 0.29) is 17.6 Å². The van der Waals surface area contributed by atoms with Gasteiger partial charge in [0.2, 0.25) is 5.91 Å². The van der Waals surface area contributed by atoms with Crippen LogP contribution in [0.5, 0.6) is 0 Å². The minimum atomic E-state index is -0.856. The summed E-state index contributed by atoms with van der Waals surface area (Å²) in [6.07, 6.45) is -0.856. The normalized spacial score (nSPS) is 15.5. The van der Waals surface area contributed by atoms with Crippen molar-refractivity contribution in [3.63, 3.8) is 0 Å². The Labute approximate surface area is 199 Å². The topological polar surface area (TPSA) is 78.9 Å². The standard InChI is InChI=1S/C25H31N3O4S/c1-18-9-11-21(12-10-18)26-23(29)17-33-20(3)25(31)32-19(2)24(30)28-15-13-27(14-16-28)22-7-5-4-6-8-22/h4-12,19-20H,13-17H2,1-3H3,(H,26,29)/t19-,20+/m1/s1. The van der Waals surface area contributed by atoms with E-state index in [9.17, 15) is 14.4 Å². The van der Waals surface area contributed by atoms with Crippen LogP contribution >= 0.6 is 11.8 Å². The lowest BCUT2D eigenvalue weighted by Crippen LogP contribution is -2.51. The summed E-state index contributed by atoms with van der Waals surface area (Å²) in [7, 11) is 0. The molecule has 0 aromatic heterocycles. The van der Waals surface area contributed by atoms with Crippen molar-refractivity contribution >= 4 is 40.9 Å². The van der Waals surface area contributed by atoms with Crippen molar-refractivity contribution in [1.82, 2.24) is 4.90 Å². The zero-order valence-corrected chi connectivity index (χ0v) is 20.1. The summed E-state index contributed by atoms with van der Waals surface area (Å²) in [5.74, 6) is -0.755. The SMILES string of the molecule is Cc1ccc(NC(=O)CS[C@@H](C)C(=O)O[C@H](C)C(=O)N2CCN(c3ccccc3)CC2)cc1. The smallest absolute Gasteiger partial charge is 0.319 e. The quantitative estimate of drug-likeness (QED) is 0.598. The summed E-state index contributed by atoms with van der Waals surface area (Å²) in [6.45, 7) is 7.90. The molecule has 1 N–H and O–H groups in total. The van der Waals surface area contributed by atoms with Gasteiger partial charge in [-0.3, -0.25) is 14.4 Å². The van der Waals surface area contributed by atoms with Crippen molar-refractivity contribution in [2.75, 3.05) is 42.1 Å². The van der Waals surface area contributed by atoms with E-state index < -0.39 is 17.3 Å². The lowest BCUT2D eigenvalue weighted by atomic mass is 10.2. The number of carbonyl (C=O) groups excluding carboxylic acids is 3. The van der Waals surface area contributed by atoms with Crippen LogP contribution in [0.2, 0.25) is 0 Å². The number of hydrogen-bond acceptors (Lipinski definition) is 6. The van der Waals surface area contributed by atoms with Crippen molar-refractivity contribution < 1.29 is 19.1 Å². The lowest BCUT2D eigenvalue weighted by molar-refractivity contribution is -0.158. The monoisotopic (exact) mass is 469 g/mol. The highest BCUT2D eigenvalue weighted by atomic mass is 32.2. The van der Waals surface area contributed by atoms with Crippen molar-refractivity contribution in [2.24, 2.45) is 0 Å². The molecule has 1 fully saturated rings. The van der Waals surface area contributed by atoms with Gasteiger partial charge in [-0.25, -0.2) is 0 Å². The fourth-order valence-electron chi connectivity index (χ4n) is 3.50. The predicted molar refractivity (Wildman–Crippen MR) is 133 cm³/mol. The number of para-hydroxylation sites is 1. The number of nitrogens with one attached hydrogen (secondary N) is 1. The number of esters is 1. The Morgan fingerprint density at radius 1 is 0.970 bits per heavy atom. The molecule has 7 nitrogen and oxygen atoms in total. The van der Waals surface area contributed by atoms with Crippen LogP contribution < -0.4 is 10.2 Å². The maximum absolute atomic E-state index is 12.8. The Kier molecular flexibility index (Phi) is 8.77. The van der Waals surface area contributed by atoms with Gasteiger partial charge in [0, 0.05) is 37.6 Å². The summed E-state index contributed by atoms with van der Waals surface area (Å²) in [6, 6.07) is 17.6. The second-order valence-electron chi connectivity index (χ2n) is 8.09. The van der Waals surface area contributed by atoms with Gasteiger partial charge in [-0.1, -0.05) is 35.9 Å². The average molecular weight is 470 g/mol. The minimum absolute atomic E-state index is 0.119. The van der Waals surface area contributed by atoms with Crippen LogP contribution in [0.3, 0.4) is 0 Å². The van der Waals surface area contributed by atoms with E-state index in [0.717, 1.165) is 24.3 Å². The van der Waals surface area contributed by atoms with E-state index in [1.807, 2.05) is 49.4 Å². The first-order valence-corrected chi connectivity index (χ1v) is 12.2. The van der Waals surface area contributed by atoms with E-state index >= 15 is 0 Å². The second-order valence-corrected chi connectivity index (χ2v) is 9.42. The molecule has 2 aromatic carbocycles. The molecule has 0 unspecified atom stereocenters. The van der Waals surface area contributed by atoms with Crippen LogP contribution in [0.25, 0.3) is 0 Å². The molecular weight excluding hydrogens is 438 g/mol. The van der Waals surface area contributed by atoms with Gasteiger partial charge in [0.1, 0.15) is 5.25 Å². The van der Waals surface area contributed by atoms with Gasteiger partial charge in [0.25, 0.3) is 5.91 Å². The highest BCUT2D eigenvalue weighted by Gasteiger charge is 2.28. The van der Waals surface area contributed by atoms with Gasteiger partial charge in [-0.2, -0.15) is 0 Å². The first-order chi connectivity index (χ1) is 15.8. The van der Waals surface area contributed by atoms with E-state index in [2.05, 4.69) is 22.3 Å². The Morgan fingerprint density at radius 2 is 1.61 bits per heavy atom. The molecule has 33 heavy (non-hydrogen) atoms. The third-order valence-corrected chi connectivity index (χ3v) is 6.61. The number of carbonyl (C=O) groups is 3. The van der Waals surface area contributed by atoms with Crippen LogP contribution in [-0.2, 0) is 19.1 Å². The van der Waals surface area contributed by atoms with Crippen molar-refractivity contribution in [1.29, 1.82) is 0 Å². The molecule has 2 amide bonds. The molecule has 0 aliphatic carbocycles. The van der Waals surface area contributed by atoms with Gasteiger partial charge in [0.05, 0.1) is 5.75 Å². The number of rotatable bonds is 8. The Morgan fingerprint density at radius 3 is 2.24 bits per heavy atom. The highest BCUT2D eigenvalue weighted by Crippen LogP contribution is 2.18. The first-order valence-electron chi connectivity index (χ1n) is 11.1. The molecule has 0 spiro atoms. The number of piperazine rings is 1. The first kappa shape index (κ1) is 24.6. The van der Waals surface area contributed by atoms with Crippen LogP contribution in [0.1, 0.15) is 19.4 Å². The van der Waals surface area contributed by atoms with Crippen LogP contribution in [0, 0.1) is 6.92 Å². The number of benzene rings is 2. The summed E-state index contributed by atoms with van der Waals surface area (Å²) < 4.78 is 5.41. The summed E-state index contributed by atoms with van der Waals surface area (Å²) in [5, 5.41) is 2.25. The van der Waals surface area contributed by atoms with Gasteiger partial charge in [-0.05, 0) is 45.0 Å². The molecule has 0 saturated carbocycles. The maximum Gasteiger partial charge on any atom is 0.319 e. The molecule has 0 radical (unpaired) electrons. The van der Waals surface area contributed by atoms with Gasteiger partial charge in [-0.15, -0.1) is 11.8 Å². The lowest BCUT2D eigenvalue weighted by Gasteiger charge is -2.37. The third-order valence-electron chi connectivity index (χ3n) is 5.49. The van der Waals surface area contributed by atoms with E-state index in [4.69, 9.17) is 4.74 Å². The molecule has 1 aliphatic heterocycles. The van der Waals surface area contributed by atoms with Crippen molar-refractivity contribution in [2.45, 2.75) is 32.1 Å². The molecule has 0 bridgehead atoms. The Balaban J connectivity index is 1.39. The number of thioether (sulfide) groups is 1.